The number of phenols is 3. The molecule has 0 saturated carbocycles. The predicted octanol–water partition coefficient (Wildman–Crippen LogP) is 8.82. The number of carbonyl (C=O) groups excluding carboxylic acids is 7. The van der Waals surface area contributed by atoms with Crippen LogP contribution >= 0.6 is 64.4 Å². The number of alkyl halides is 1. The normalized spacial score (nSPS) is 25.1. The number of halogens is 4. The smallest absolute Gasteiger partial charge is 0.330 e. The molecule has 10 aromatic rings. The number of aliphatic hydroxyl groups is 5. The van der Waals surface area contributed by atoms with E-state index in [2.05, 4.69) is 65.1 Å². The number of carboxylic acid groups (broad SMARTS) is 1. The van der Waals surface area contributed by atoms with Gasteiger partial charge >= 0.3 is 5.97 Å². The molecule has 11 bridgehead atoms. The van der Waals surface area contributed by atoms with Gasteiger partial charge in [-0.15, -0.1) is 0 Å². The van der Waals surface area contributed by atoms with E-state index < -0.39 is 236 Å². The number of aliphatic carboxylic acids is 1. The third-order valence-corrected chi connectivity index (χ3v) is 29.9. The summed E-state index contributed by atoms with van der Waals surface area (Å²) in [6.07, 6.45) is -18.8. The van der Waals surface area contributed by atoms with Gasteiger partial charge in [-0.1, -0.05) is 217 Å². The number of aromatic hydroxyl groups is 3. The molecule has 7 heterocycles. The lowest BCUT2D eigenvalue weighted by atomic mass is 9.89. The first kappa shape index (κ1) is 96.8. The lowest BCUT2D eigenvalue weighted by Crippen LogP contribution is -2.64. The average Bonchev–Trinajstić information content (AvgIpc) is 0.755. The Morgan fingerprint density at radius 1 is 0.612 bits per heavy atom. The molecule has 700 valence electrons. The van der Waals surface area contributed by atoms with Crippen molar-refractivity contribution in [1.82, 2.24) is 42.5 Å². The van der Waals surface area contributed by atoms with E-state index in [-0.39, 0.29) is 58.5 Å². The van der Waals surface area contributed by atoms with Gasteiger partial charge in [0.05, 0.1) is 42.2 Å². The number of ether oxygens (including phenoxy) is 6. The summed E-state index contributed by atoms with van der Waals surface area (Å²) in [5.74, 6) is -15.9. The van der Waals surface area contributed by atoms with E-state index in [4.69, 9.17) is 73.7 Å². The zero-order valence-electron chi connectivity index (χ0n) is 71.9. The number of rotatable bonds is 21. The standard InChI is InChI=1S/C96H95Cl3IN10O23P/c1-46(2)34-64(102-4)88(120)109-79-81(115)52-27-32-68(62(98)36-52)129-70-38-54-39-71(130-69-33-28-53(37-63(69)99)82(116)80-93(125)108-78(94(126)127)61-40-56(111)41-67(113)75(61)60-35-51(26-31-66(60)112)76(90(122)110-80)107-91(123)77(54)106-89(121)65(42-73(101)114)105-92(79)124)85(70)133-95-86(132-74-43-96(100,87(119)47(3)128-74)103-44-48-20-22-49(23-21-48)50-24-29-55(97)30-25-50)84(118)83(117)72(131-95)45-104-134(57-14-8-5-9-15-57,58-16-10-6-11-17-58)59-18-12-7-13-19-59/h5-33,35-41,46-47,64-65,72,74,76-84,86-87,95,102-103,111-113,115-119H,34,42-45H2,1-4H3,(H2,101,114)(H,105,124)(H,106,121)(H,107,123)(H,108,125)(H,109,120)(H,110,122)(H,126,127)/t47?,64-,65?,72?,74?,76?,77?,78?,79?,80-,81?,82+,83?,84?,86?,87?,95?,96?/m0/s1. The van der Waals surface area contributed by atoms with Crippen LogP contribution in [0.25, 0.3) is 22.3 Å². The SMILES string of the molecule is CN[C@@H](CC(C)C)C(=O)NC1C(=O)NC(CC(N)=O)C(=O)NC2C(=O)NC3C(=O)N[C@H](C(=O)NC(C(=O)O)c4cc(O)cc(O)c4-c4cc3ccc4O)[C@H](O)c3ccc(c(Cl)c3)Oc3cc2cc(c3OC2OC(CN=P(c3ccccc3)(c3ccccc3)c3ccccc3)C(O)C(O)C2OC2CC(I)(NCc3ccc(-c4ccc(Cl)cc4)cc3)C(O)C(C)O2)Oc2ccc(cc2Cl)C1O. The molecule has 33 nitrogen and oxygen atoms in total. The summed E-state index contributed by atoms with van der Waals surface area (Å²) in [6.45, 7) is 5.03. The van der Waals surface area contributed by atoms with Crippen LogP contribution in [0, 0.1) is 5.92 Å². The Morgan fingerprint density at radius 2 is 1.17 bits per heavy atom. The van der Waals surface area contributed by atoms with Gasteiger partial charge in [0, 0.05) is 56.7 Å². The number of carbonyl (C=O) groups is 8. The maximum absolute atomic E-state index is 16.6. The molecule has 7 aliphatic rings. The van der Waals surface area contributed by atoms with Crippen molar-refractivity contribution in [3.63, 3.8) is 0 Å². The fraction of sp³-hybridized carbons (Fsp3) is 0.292. The molecule has 38 heteroatoms. The minimum absolute atomic E-state index is 0.118. The summed E-state index contributed by atoms with van der Waals surface area (Å²) in [5, 5.41) is 133. The summed E-state index contributed by atoms with van der Waals surface area (Å²) in [6, 6.07) is 43.0. The minimum atomic E-state index is -3.22. The summed E-state index contributed by atoms with van der Waals surface area (Å²) in [4.78, 5) is 120. The van der Waals surface area contributed by atoms with Crippen LogP contribution in [0.3, 0.4) is 0 Å². The number of aliphatic hydroxyl groups excluding tert-OH is 5. The average molecular weight is 2020 g/mol. The zero-order chi connectivity index (χ0) is 95.5. The molecule has 7 aliphatic heterocycles. The Labute approximate surface area is 796 Å². The van der Waals surface area contributed by atoms with Crippen LogP contribution in [-0.2, 0) is 59.1 Å². The molecule has 0 spiro atoms. The van der Waals surface area contributed by atoms with Gasteiger partial charge in [-0.3, -0.25) is 43.6 Å². The molecule has 15 unspecified atom stereocenters. The van der Waals surface area contributed by atoms with E-state index in [1.165, 1.54) is 37.4 Å². The van der Waals surface area contributed by atoms with Crippen molar-refractivity contribution in [3.8, 4) is 68.2 Å². The molecular weight excluding hydrogens is 1930 g/mol. The summed E-state index contributed by atoms with van der Waals surface area (Å²) < 4.78 is 46.2. The number of hydrogen-bond donors (Lipinski definition) is 18. The predicted molar refractivity (Wildman–Crippen MR) is 503 cm³/mol. The second-order valence-corrected chi connectivity index (χ2v) is 39.7. The van der Waals surface area contributed by atoms with Crippen LogP contribution in [0.4, 0.5) is 0 Å². The number of benzene rings is 10. The number of likely N-dealkylation sites (N-methyl/N-ethyl adjacent to an activating group) is 1. The lowest BCUT2D eigenvalue weighted by molar-refractivity contribution is -0.327. The largest absolute Gasteiger partial charge is 0.508 e. The van der Waals surface area contributed by atoms with Crippen molar-refractivity contribution in [1.29, 1.82) is 0 Å². The van der Waals surface area contributed by atoms with Gasteiger partial charge in [0.15, 0.2) is 29.9 Å². The first-order valence-electron chi connectivity index (χ1n) is 42.7. The zero-order valence-corrected chi connectivity index (χ0v) is 77.3. The van der Waals surface area contributed by atoms with Crippen LogP contribution in [0.5, 0.6) is 46.0 Å². The highest BCUT2D eigenvalue weighted by Gasteiger charge is 2.53. The first-order valence-corrected chi connectivity index (χ1v) is 46.6. The fourth-order valence-electron chi connectivity index (χ4n) is 16.9. The molecule has 17 rings (SSSR count). The van der Waals surface area contributed by atoms with Crippen LogP contribution in [0.2, 0.25) is 15.1 Å². The second-order valence-electron chi connectivity index (χ2n) is 33.4. The number of amides is 7. The highest BCUT2D eigenvalue weighted by Crippen LogP contribution is 2.52. The number of nitrogens with one attached hydrogen (secondary N) is 8. The number of phenolic OH excluding ortho intramolecular Hbond substituents is 3. The van der Waals surface area contributed by atoms with Gasteiger partial charge < -0.3 is 117 Å². The highest BCUT2D eigenvalue weighted by atomic mass is 127. The maximum Gasteiger partial charge on any atom is 0.330 e. The second kappa shape index (κ2) is 41.2. The van der Waals surface area contributed by atoms with Gasteiger partial charge in [-0.25, -0.2) is 4.79 Å². The first-order chi connectivity index (χ1) is 64.1. The van der Waals surface area contributed by atoms with Gasteiger partial charge in [-0.2, -0.15) is 0 Å². The van der Waals surface area contributed by atoms with Crippen molar-refractivity contribution in [2.24, 2.45) is 16.4 Å². The Kier molecular flexibility index (Phi) is 29.7. The lowest BCUT2D eigenvalue weighted by Gasteiger charge is -2.47. The van der Waals surface area contributed by atoms with E-state index in [9.17, 15) is 60.3 Å². The number of carboxylic acids is 1. The number of nitrogens with two attached hydrogens (primary N) is 1. The quantitative estimate of drug-likeness (QED) is 0.0138. The van der Waals surface area contributed by atoms with Crippen LogP contribution in [0.1, 0.15) is 104 Å². The number of primary amides is 1. The van der Waals surface area contributed by atoms with Crippen molar-refractivity contribution in [2.75, 3.05) is 13.6 Å². The molecule has 2 fully saturated rings. The molecule has 0 radical (unpaired) electrons. The van der Waals surface area contributed by atoms with Crippen molar-refractivity contribution in [2.45, 2.75) is 154 Å². The van der Waals surface area contributed by atoms with Gasteiger partial charge in [0.2, 0.25) is 53.4 Å². The summed E-state index contributed by atoms with van der Waals surface area (Å²) >= 11 is 23.0. The Balaban J connectivity index is 0.941. The molecular formula is C96H95Cl3IN10O23P. The fourth-order valence-corrected chi connectivity index (χ4v) is 22.2. The van der Waals surface area contributed by atoms with Crippen LogP contribution in [-0.4, -0.2) is 184 Å². The number of hydrogen-bond acceptors (Lipinski definition) is 25. The van der Waals surface area contributed by atoms with Crippen LogP contribution in [0.15, 0.2) is 223 Å². The van der Waals surface area contributed by atoms with E-state index in [0.717, 1.165) is 81.1 Å². The van der Waals surface area contributed by atoms with Gasteiger partial charge in [-0.05, 0) is 132 Å². The minimum Gasteiger partial charge on any atom is -0.508 e. The van der Waals surface area contributed by atoms with Crippen LogP contribution < -0.4 is 78.4 Å². The monoisotopic (exact) mass is 2020 g/mol. The van der Waals surface area contributed by atoms with E-state index in [0.29, 0.717) is 5.02 Å². The molecule has 0 aliphatic carbocycles. The van der Waals surface area contributed by atoms with Crippen molar-refractivity contribution < 1.29 is 113 Å². The maximum atomic E-state index is 16.6. The molecule has 10 aromatic carbocycles. The van der Waals surface area contributed by atoms with Gasteiger partial charge in [0.25, 0.3) is 0 Å². The Morgan fingerprint density at radius 3 is 1.74 bits per heavy atom. The topological polar surface area (TPSA) is 509 Å². The van der Waals surface area contributed by atoms with E-state index in [1.807, 2.05) is 141 Å². The molecule has 134 heavy (non-hydrogen) atoms. The van der Waals surface area contributed by atoms with E-state index >= 15 is 24.0 Å². The summed E-state index contributed by atoms with van der Waals surface area (Å²) in [5.41, 5.74) is 5.70. The third-order valence-electron chi connectivity index (χ3n) is 23.8. The number of fused-ring (bicyclic) bond motifs is 15. The van der Waals surface area contributed by atoms with E-state index in [1.54, 1.807) is 19.1 Å². The number of nitrogens with zero attached hydrogens (tertiary/aromatic N) is 1. The molecule has 19 N–H and O–H groups in total. The Hall–Kier alpha value is -11.8. The van der Waals surface area contributed by atoms with Crippen molar-refractivity contribution in [3.05, 3.63) is 267 Å². The molecule has 7 amide bonds. The van der Waals surface area contributed by atoms with Gasteiger partial charge in [0.1, 0.15) is 99.1 Å². The molecule has 2 saturated heterocycles. The summed E-state index contributed by atoms with van der Waals surface area (Å²) in [7, 11) is -1.73. The molecule has 18 atom stereocenters. The Bertz CT molecular complexity index is 6070. The molecule has 0 aromatic heterocycles. The highest BCUT2D eigenvalue weighted by molar-refractivity contribution is 14.1. The third kappa shape index (κ3) is 20.8. The van der Waals surface area contributed by atoms with Crippen molar-refractivity contribution >= 4 is 128 Å².